The Labute approximate surface area is 125 Å². The van der Waals surface area contributed by atoms with E-state index in [1.165, 1.54) is 12.1 Å². The Kier molecular flexibility index (Phi) is 4.19. The lowest BCUT2D eigenvalue weighted by Crippen LogP contribution is -2.07. The number of nitrogens with zero attached hydrogens (tertiary/aromatic N) is 1. The van der Waals surface area contributed by atoms with Crippen molar-refractivity contribution >= 4 is 15.9 Å². The third kappa shape index (κ3) is 3.52. The first-order valence-electron chi connectivity index (χ1n) is 5.55. The number of ether oxygens (including phenoxy) is 1. The Hall–Kier alpha value is -2.07. The van der Waals surface area contributed by atoms with Gasteiger partial charge in [-0.05, 0) is 52.3 Å². The summed E-state index contributed by atoms with van der Waals surface area (Å²) in [6.45, 7) is 0. The van der Waals surface area contributed by atoms with Crippen LogP contribution >= 0.6 is 15.9 Å². The second kappa shape index (κ2) is 5.74. The van der Waals surface area contributed by atoms with Gasteiger partial charge in [-0.1, -0.05) is 0 Å². The summed E-state index contributed by atoms with van der Waals surface area (Å²) in [5.74, 6) is -0.216. The van der Waals surface area contributed by atoms with Gasteiger partial charge in [0.15, 0.2) is 0 Å². The van der Waals surface area contributed by atoms with Gasteiger partial charge in [0.05, 0.1) is 21.7 Å². The van der Waals surface area contributed by atoms with Crippen LogP contribution < -0.4 is 4.74 Å². The van der Waals surface area contributed by atoms with Gasteiger partial charge < -0.3 is 4.74 Å². The van der Waals surface area contributed by atoms with Gasteiger partial charge >= 0.3 is 6.18 Å². The van der Waals surface area contributed by atoms with Crippen molar-refractivity contribution in [1.82, 2.24) is 0 Å². The number of alkyl halides is 3. The second-order valence-electron chi connectivity index (χ2n) is 3.99. The molecular formula is C14H6BrF4NO. The van der Waals surface area contributed by atoms with Gasteiger partial charge in [0.25, 0.3) is 0 Å². The number of hydrogen-bond donors (Lipinski definition) is 0. The molecule has 0 amide bonds. The van der Waals surface area contributed by atoms with E-state index in [-0.39, 0.29) is 11.5 Å². The first-order chi connectivity index (χ1) is 9.81. The fraction of sp³-hybridized carbons (Fsp3) is 0.0714. The van der Waals surface area contributed by atoms with Gasteiger partial charge in [0.2, 0.25) is 0 Å². The van der Waals surface area contributed by atoms with E-state index < -0.39 is 23.1 Å². The predicted molar refractivity (Wildman–Crippen MR) is 70.3 cm³/mol. The lowest BCUT2D eigenvalue weighted by molar-refractivity contribution is -0.137. The fourth-order valence-electron chi connectivity index (χ4n) is 1.61. The van der Waals surface area contributed by atoms with Gasteiger partial charge in [-0.3, -0.25) is 0 Å². The Morgan fingerprint density at radius 1 is 1.10 bits per heavy atom. The molecule has 0 fully saturated rings. The molecule has 0 radical (unpaired) electrons. The minimum atomic E-state index is -4.61. The Morgan fingerprint density at radius 2 is 1.81 bits per heavy atom. The van der Waals surface area contributed by atoms with E-state index in [0.29, 0.717) is 4.47 Å². The normalized spacial score (nSPS) is 11.0. The molecule has 0 aliphatic heterocycles. The van der Waals surface area contributed by atoms with Crippen LogP contribution in [0.2, 0.25) is 0 Å². The van der Waals surface area contributed by atoms with E-state index in [1.807, 2.05) is 0 Å². The average Bonchev–Trinajstić information content (AvgIpc) is 2.40. The largest absolute Gasteiger partial charge is 0.456 e. The van der Waals surface area contributed by atoms with Crippen molar-refractivity contribution in [2.24, 2.45) is 0 Å². The summed E-state index contributed by atoms with van der Waals surface area (Å²) in [6.07, 6.45) is -4.61. The molecule has 108 valence electrons. The quantitative estimate of drug-likeness (QED) is 0.684. The van der Waals surface area contributed by atoms with Crippen molar-refractivity contribution in [3.8, 4) is 17.6 Å². The molecule has 0 aromatic heterocycles. The maximum Gasteiger partial charge on any atom is 0.417 e. The van der Waals surface area contributed by atoms with Crippen molar-refractivity contribution in [1.29, 1.82) is 5.26 Å². The van der Waals surface area contributed by atoms with Crippen LogP contribution in [0.15, 0.2) is 40.9 Å². The summed E-state index contributed by atoms with van der Waals surface area (Å²) < 4.78 is 56.6. The SMILES string of the molecule is N#Cc1cc(Oc2ccc(F)cc2Br)ccc1C(F)(F)F. The highest BCUT2D eigenvalue weighted by molar-refractivity contribution is 9.10. The molecular weight excluding hydrogens is 354 g/mol. The van der Waals surface area contributed by atoms with Gasteiger partial charge in [0.1, 0.15) is 17.3 Å². The highest BCUT2D eigenvalue weighted by Gasteiger charge is 2.33. The van der Waals surface area contributed by atoms with E-state index in [4.69, 9.17) is 10.00 Å². The van der Waals surface area contributed by atoms with E-state index in [0.717, 1.165) is 30.3 Å². The Bertz CT molecular complexity index is 722. The molecule has 2 rings (SSSR count). The second-order valence-corrected chi connectivity index (χ2v) is 4.85. The first-order valence-corrected chi connectivity index (χ1v) is 6.35. The van der Waals surface area contributed by atoms with E-state index in [1.54, 1.807) is 0 Å². The van der Waals surface area contributed by atoms with Crippen molar-refractivity contribution in [3.05, 3.63) is 57.8 Å². The summed E-state index contributed by atoms with van der Waals surface area (Å²) in [4.78, 5) is 0. The van der Waals surface area contributed by atoms with Gasteiger partial charge in [0, 0.05) is 0 Å². The van der Waals surface area contributed by atoms with Crippen molar-refractivity contribution < 1.29 is 22.3 Å². The summed E-state index contributed by atoms with van der Waals surface area (Å²) in [6, 6.07) is 7.96. The van der Waals surface area contributed by atoms with E-state index in [9.17, 15) is 17.6 Å². The molecule has 0 spiro atoms. The third-order valence-corrected chi connectivity index (χ3v) is 3.16. The van der Waals surface area contributed by atoms with Crippen LogP contribution in [0.5, 0.6) is 11.5 Å². The van der Waals surface area contributed by atoms with E-state index >= 15 is 0 Å². The zero-order valence-corrected chi connectivity index (χ0v) is 11.8. The van der Waals surface area contributed by atoms with Crippen LogP contribution in [-0.2, 0) is 6.18 Å². The topological polar surface area (TPSA) is 33.0 Å². The highest BCUT2D eigenvalue weighted by atomic mass is 79.9. The molecule has 2 aromatic carbocycles. The molecule has 0 saturated heterocycles. The van der Waals surface area contributed by atoms with Crippen LogP contribution in [-0.4, -0.2) is 0 Å². The molecule has 2 nitrogen and oxygen atoms in total. The zero-order valence-electron chi connectivity index (χ0n) is 10.2. The van der Waals surface area contributed by atoms with Crippen LogP contribution in [0.1, 0.15) is 11.1 Å². The number of nitriles is 1. The molecule has 21 heavy (non-hydrogen) atoms. The molecule has 0 aliphatic carbocycles. The van der Waals surface area contributed by atoms with Crippen molar-refractivity contribution in [2.75, 3.05) is 0 Å². The molecule has 0 aliphatic rings. The Morgan fingerprint density at radius 3 is 2.38 bits per heavy atom. The monoisotopic (exact) mass is 359 g/mol. The molecule has 0 unspecified atom stereocenters. The first kappa shape index (κ1) is 15.3. The molecule has 0 bridgehead atoms. The lowest BCUT2D eigenvalue weighted by atomic mass is 10.1. The van der Waals surface area contributed by atoms with Crippen LogP contribution in [0.25, 0.3) is 0 Å². The maximum atomic E-state index is 12.9. The molecule has 7 heteroatoms. The smallest absolute Gasteiger partial charge is 0.417 e. The minimum absolute atomic E-state index is 0.0480. The standard InChI is InChI=1S/C14H6BrF4NO/c15-12-6-9(16)1-4-13(12)21-10-2-3-11(14(17,18)19)8(5-10)7-20/h1-6H. The summed E-state index contributed by atoms with van der Waals surface area (Å²) in [5, 5.41) is 8.80. The number of rotatable bonds is 2. The van der Waals surface area contributed by atoms with Crippen molar-refractivity contribution in [2.45, 2.75) is 6.18 Å². The maximum absolute atomic E-state index is 12.9. The minimum Gasteiger partial charge on any atom is -0.456 e. The molecule has 2 aromatic rings. The predicted octanol–water partition coefficient (Wildman–Crippen LogP) is 5.27. The van der Waals surface area contributed by atoms with Crippen LogP contribution in [0.4, 0.5) is 17.6 Å². The molecule has 0 N–H and O–H groups in total. The number of halogens is 5. The Balaban J connectivity index is 2.36. The molecule has 0 atom stereocenters. The summed E-state index contributed by atoms with van der Waals surface area (Å²) in [5.41, 5.74) is -1.58. The number of hydrogen-bond acceptors (Lipinski definition) is 2. The summed E-state index contributed by atoms with van der Waals surface area (Å²) >= 11 is 3.08. The van der Waals surface area contributed by atoms with Crippen LogP contribution in [0, 0.1) is 17.1 Å². The average molecular weight is 360 g/mol. The zero-order chi connectivity index (χ0) is 15.6. The third-order valence-electron chi connectivity index (χ3n) is 2.54. The van der Waals surface area contributed by atoms with Crippen LogP contribution in [0.3, 0.4) is 0 Å². The fourth-order valence-corrected chi connectivity index (χ4v) is 2.04. The van der Waals surface area contributed by atoms with Gasteiger partial charge in [-0.25, -0.2) is 4.39 Å². The van der Waals surface area contributed by atoms with Gasteiger partial charge in [-0.15, -0.1) is 0 Å². The highest BCUT2D eigenvalue weighted by Crippen LogP contribution is 2.35. The van der Waals surface area contributed by atoms with E-state index in [2.05, 4.69) is 15.9 Å². The lowest BCUT2D eigenvalue weighted by Gasteiger charge is -2.11. The summed E-state index contributed by atoms with van der Waals surface area (Å²) in [7, 11) is 0. The number of benzene rings is 2. The molecule has 0 heterocycles. The molecule has 0 saturated carbocycles. The van der Waals surface area contributed by atoms with Crippen molar-refractivity contribution in [3.63, 3.8) is 0 Å². The van der Waals surface area contributed by atoms with Gasteiger partial charge in [-0.2, -0.15) is 18.4 Å².